The zero-order chi connectivity index (χ0) is 9.61. The third kappa shape index (κ3) is 6.57. The fourth-order valence-electron chi connectivity index (χ4n) is 1.20. The van der Waals surface area contributed by atoms with Crippen molar-refractivity contribution in [2.24, 2.45) is 5.92 Å². The maximum absolute atomic E-state index is 10.5. The first-order valence-corrected chi connectivity index (χ1v) is 5.66. The maximum atomic E-state index is 10.5. The maximum Gasteiger partial charge on any atom is 0.265 e. The van der Waals surface area contributed by atoms with Crippen molar-refractivity contribution in [2.45, 2.75) is 26.2 Å². The molecule has 0 amide bonds. The van der Waals surface area contributed by atoms with Gasteiger partial charge >= 0.3 is 0 Å². The standard InChI is InChI=1S/C7H16O4S/c1-2-3-7(4-5-8)6-12(9,10)11/h7-8H,2-6H2,1H3,(H,9,10,11). The molecule has 0 saturated heterocycles. The molecule has 0 radical (unpaired) electrons. The Labute approximate surface area is 73.4 Å². The summed E-state index contributed by atoms with van der Waals surface area (Å²) in [4.78, 5) is 0. The van der Waals surface area contributed by atoms with Crippen LogP contribution in [-0.4, -0.2) is 30.4 Å². The zero-order valence-electron chi connectivity index (χ0n) is 7.23. The molecule has 1 unspecified atom stereocenters. The van der Waals surface area contributed by atoms with E-state index in [1.165, 1.54) is 0 Å². The Morgan fingerprint density at radius 1 is 1.33 bits per heavy atom. The van der Waals surface area contributed by atoms with Crippen molar-refractivity contribution in [3.63, 3.8) is 0 Å². The van der Waals surface area contributed by atoms with E-state index in [4.69, 9.17) is 9.66 Å². The summed E-state index contributed by atoms with van der Waals surface area (Å²) < 4.78 is 29.5. The van der Waals surface area contributed by atoms with Crippen molar-refractivity contribution >= 4 is 10.1 Å². The van der Waals surface area contributed by atoms with Gasteiger partial charge in [0.05, 0.1) is 5.75 Å². The minimum atomic E-state index is -3.88. The van der Waals surface area contributed by atoms with Crippen LogP contribution in [0.1, 0.15) is 26.2 Å². The van der Waals surface area contributed by atoms with E-state index in [-0.39, 0.29) is 18.3 Å². The molecule has 0 bridgehead atoms. The van der Waals surface area contributed by atoms with Gasteiger partial charge in [-0.15, -0.1) is 0 Å². The molecule has 0 heterocycles. The average Bonchev–Trinajstić information content (AvgIpc) is 1.84. The van der Waals surface area contributed by atoms with E-state index in [0.29, 0.717) is 6.42 Å². The minimum Gasteiger partial charge on any atom is -0.396 e. The van der Waals surface area contributed by atoms with Crippen molar-refractivity contribution in [1.29, 1.82) is 0 Å². The predicted octanol–water partition coefficient (Wildman–Crippen LogP) is 0.673. The number of aliphatic hydroxyl groups is 1. The van der Waals surface area contributed by atoms with Gasteiger partial charge in [-0.05, 0) is 18.8 Å². The first-order valence-electron chi connectivity index (χ1n) is 4.05. The molecule has 0 rings (SSSR count). The van der Waals surface area contributed by atoms with Crippen LogP contribution in [0, 0.1) is 5.92 Å². The molecule has 4 nitrogen and oxygen atoms in total. The molecular formula is C7H16O4S. The second-order valence-corrected chi connectivity index (χ2v) is 4.41. The van der Waals surface area contributed by atoms with Crippen LogP contribution in [0.2, 0.25) is 0 Å². The summed E-state index contributed by atoms with van der Waals surface area (Å²) in [6.07, 6.45) is 2.02. The molecule has 0 fully saturated rings. The van der Waals surface area contributed by atoms with Gasteiger partial charge in [0.25, 0.3) is 10.1 Å². The monoisotopic (exact) mass is 196 g/mol. The van der Waals surface area contributed by atoms with Gasteiger partial charge in [-0.1, -0.05) is 13.3 Å². The van der Waals surface area contributed by atoms with Crippen LogP contribution in [0.4, 0.5) is 0 Å². The summed E-state index contributed by atoms with van der Waals surface area (Å²) in [6.45, 7) is 1.91. The third-order valence-electron chi connectivity index (χ3n) is 1.68. The molecule has 0 aliphatic carbocycles. The molecule has 0 aliphatic heterocycles. The highest BCUT2D eigenvalue weighted by Crippen LogP contribution is 2.12. The highest BCUT2D eigenvalue weighted by molar-refractivity contribution is 7.85. The van der Waals surface area contributed by atoms with Crippen LogP contribution < -0.4 is 0 Å². The third-order valence-corrected chi connectivity index (χ3v) is 2.57. The van der Waals surface area contributed by atoms with Crippen molar-refractivity contribution in [3.8, 4) is 0 Å². The van der Waals surface area contributed by atoms with E-state index < -0.39 is 10.1 Å². The lowest BCUT2D eigenvalue weighted by Crippen LogP contribution is -2.16. The number of hydrogen-bond acceptors (Lipinski definition) is 3. The minimum absolute atomic E-state index is 0.0276. The van der Waals surface area contributed by atoms with Crippen LogP contribution >= 0.6 is 0 Å². The van der Waals surface area contributed by atoms with Crippen LogP contribution in [0.25, 0.3) is 0 Å². The Bertz CT molecular complexity index is 191. The smallest absolute Gasteiger partial charge is 0.265 e. The number of aliphatic hydroxyl groups excluding tert-OH is 1. The van der Waals surface area contributed by atoms with Gasteiger partial charge in [-0.2, -0.15) is 8.42 Å². The SMILES string of the molecule is CCCC(CCO)CS(=O)(=O)O. The van der Waals surface area contributed by atoms with E-state index in [9.17, 15) is 8.42 Å². The van der Waals surface area contributed by atoms with Gasteiger partial charge in [-0.3, -0.25) is 4.55 Å². The van der Waals surface area contributed by atoms with Gasteiger partial charge in [0, 0.05) is 6.61 Å². The van der Waals surface area contributed by atoms with Crippen molar-refractivity contribution in [3.05, 3.63) is 0 Å². The number of hydrogen-bond donors (Lipinski definition) is 2. The normalized spacial score (nSPS) is 14.6. The summed E-state index contributed by atoms with van der Waals surface area (Å²) in [7, 11) is -3.88. The lowest BCUT2D eigenvalue weighted by molar-refractivity contribution is 0.257. The van der Waals surface area contributed by atoms with Gasteiger partial charge in [0.2, 0.25) is 0 Å². The van der Waals surface area contributed by atoms with Crippen LogP contribution in [-0.2, 0) is 10.1 Å². The fraction of sp³-hybridized carbons (Fsp3) is 1.00. The Balaban J connectivity index is 3.95. The van der Waals surface area contributed by atoms with E-state index in [2.05, 4.69) is 0 Å². The summed E-state index contributed by atoms with van der Waals surface area (Å²) in [5, 5.41) is 8.58. The van der Waals surface area contributed by atoms with Gasteiger partial charge in [-0.25, -0.2) is 0 Å². The lowest BCUT2D eigenvalue weighted by Gasteiger charge is -2.11. The molecule has 0 aliphatic rings. The van der Waals surface area contributed by atoms with Crippen molar-refractivity contribution in [1.82, 2.24) is 0 Å². The molecule has 0 aromatic heterocycles. The fourth-order valence-corrected chi connectivity index (χ4v) is 2.13. The Morgan fingerprint density at radius 2 is 1.92 bits per heavy atom. The summed E-state index contributed by atoms with van der Waals surface area (Å²) in [5.74, 6) is -0.350. The Hall–Kier alpha value is -0.130. The largest absolute Gasteiger partial charge is 0.396 e. The second-order valence-electron chi connectivity index (χ2n) is 2.92. The molecule has 12 heavy (non-hydrogen) atoms. The Morgan fingerprint density at radius 3 is 2.25 bits per heavy atom. The first-order chi connectivity index (χ1) is 5.49. The molecule has 0 aromatic rings. The van der Waals surface area contributed by atoms with E-state index >= 15 is 0 Å². The van der Waals surface area contributed by atoms with Crippen molar-refractivity contribution < 1.29 is 18.1 Å². The molecule has 0 aromatic carbocycles. The lowest BCUT2D eigenvalue weighted by atomic mass is 10.0. The molecule has 1 atom stereocenters. The second kappa shape index (κ2) is 5.50. The van der Waals surface area contributed by atoms with E-state index in [1.54, 1.807) is 0 Å². The van der Waals surface area contributed by atoms with Gasteiger partial charge in [0.15, 0.2) is 0 Å². The number of rotatable bonds is 6. The van der Waals surface area contributed by atoms with Crippen LogP contribution in [0.5, 0.6) is 0 Å². The average molecular weight is 196 g/mol. The predicted molar refractivity (Wildman–Crippen MR) is 46.5 cm³/mol. The van der Waals surface area contributed by atoms with E-state index in [0.717, 1.165) is 12.8 Å². The van der Waals surface area contributed by atoms with Crippen LogP contribution in [0.3, 0.4) is 0 Å². The molecule has 5 heteroatoms. The summed E-state index contributed by atoms with van der Waals surface area (Å²) in [6, 6.07) is 0. The van der Waals surface area contributed by atoms with Crippen molar-refractivity contribution in [2.75, 3.05) is 12.4 Å². The topological polar surface area (TPSA) is 74.6 Å². The van der Waals surface area contributed by atoms with Gasteiger partial charge < -0.3 is 5.11 Å². The highest BCUT2D eigenvalue weighted by Gasteiger charge is 2.15. The first kappa shape index (κ1) is 11.9. The quantitative estimate of drug-likeness (QED) is 0.612. The molecule has 74 valence electrons. The molecule has 0 saturated carbocycles. The zero-order valence-corrected chi connectivity index (χ0v) is 8.05. The summed E-state index contributed by atoms with van der Waals surface area (Å²) in [5.41, 5.74) is 0. The van der Waals surface area contributed by atoms with Crippen LogP contribution in [0.15, 0.2) is 0 Å². The highest BCUT2D eigenvalue weighted by atomic mass is 32.2. The Kier molecular flexibility index (Phi) is 5.44. The van der Waals surface area contributed by atoms with Gasteiger partial charge in [0.1, 0.15) is 0 Å². The van der Waals surface area contributed by atoms with E-state index in [1.807, 2.05) is 6.92 Å². The summed E-state index contributed by atoms with van der Waals surface area (Å²) >= 11 is 0. The molecular weight excluding hydrogens is 180 g/mol. The molecule has 0 spiro atoms. The molecule has 2 N–H and O–H groups in total.